The number of amides is 2. The normalized spacial score (nSPS) is 14.8. The minimum Gasteiger partial charge on any atom is -0.332 e. The Kier molecular flexibility index (Phi) is 8.26. The molecule has 1 aliphatic rings. The van der Waals surface area contributed by atoms with Crippen LogP contribution in [-0.4, -0.2) is 56.1 Å². The number of nitrogens with zero attached hydrogens (tertiary/aromatic N) is 2. The molecule has 2 aromatic rings. The second-order valence-electron chi connectivity index (χ2n) is 8.56. The van der Waals surface area contributed by atoms with Gasteiger partial charge in [0.05, 0.1) is 11.4 Å². The molecule has 0 spiro atoms. The summed E-state index contributed by atoms with van der Waals surface area (Å²) in [5.41, 5.74) is 2.09. The van der Waals surface area contributed by atoms with Gasteiger partial charge >= 0.3 is 0 Å². The molecule has 0 unspecified atom stereocenters. The minimum atomic E-state index is -3.62. The van der Waals surface area contributed by atoms with Crippen LogP contribution >= 0.6 is 0 Å². The van der Waals surface area contributed by atoms with E-state index in [4.69, 9.17) is 0 Å². The van der Waals surface area contributed by atoms with Crippen molar-refractivity contribution in [3.63, 3.8) is 0 Å². The van der Waals surface area contributed by atoms with Gasteiger partial charge in [0, 0.05) is 31.4 Å². The molecule has 7 nitrogen and oxygen atoms in total. The highest BCUT2D eigenvalue weighted by molar-refractivity contribution is 7.89. The lowest BCUT2D eigenvalue weighted by Gasteiger charge is -2.30. The summed E-state index contributed by atoms with van der Waals surface area (Å²) in [7, 11) is -0.434. The maximum Gasteiger partial charge on any atom is 0.254 e. The zero-order valence-corrected chi connectivity index (χ0v) is 20.4. The molecule has 8 heteroatoms. The van der Waals surface area contributed by atoms with Crippen LogP contribution in [0.5, 0.6) is 0 Å². The monoisotopic (exact) mass is 471 g/mol. The Bertz CT molecular complexity index is 1080. The van der Waals surface area contributed by atoms with Crippen molar-refractivity contribution in [2.24, 2.45) is 0 Å². The van der Waals surface area contributed by atoms with E-state index in [0.717, 1.165) is 49.8 Å². The van der Waals surface area contributed by atoms with Gasteiger partial charge in [0.25, 0.3) is 5.91 Å². The lowest BCUT2D eigenvalue weighted by atomic mass is 9.96. The number of hydrogen-bond donors (Lipinski definition) is 1. The molecule has 0 heterocycles. The van der Waals surface area contributed by atoms with Crippen molar-refractivity contribution in [1.82, 2.24) is 9.21 Å². The van der Waals surface area contributed by atoms with Crippen LogP contribution < -0.4 is 5.32 Å². The van der Waals surface area contributed by atoms with Crippen molar-refractivity contribution in [2.45, 2.75) is 56.4 Å². The number of hydrogen-bond acceptors (Lipinski definition) is 4. The number of benzene rings is 2. The first-order valence-corrected chi connectivity index (χ1v) is 12.9. The first-order chi connectivity index (χ1) is 15.7. The molecule has 0 atom stereocenters. The minimum absolute atomic E-state index is 0.0209. The zero-order valence-electron chi connectivity index (χ0n) is 19.6. The standard InChI is InChI=1S/C25H33N3O4S/c1-4-19-10-8-9-13-23(19)26-24(29)18-27(2)25(30)20-14-16-22(17-15-20)33(31,32)28(3)21-11-6-5-7-12-21/h8-10,13-17,21H,4-7,11-12,18H2,1-3H3,(H,26,29). The molecule has 33 heavy (non-hydrogen) atoms. The van der Waals surface area contributed by atoms with E-state index < -0.39 is 10.0 Å². The van der Waals surface area contributed by atoms with Crippen LogP contribution in [0.2, 0.25) is 0 Å². The van der Waals surface area contributed by atoms with Crippen molar-refractivity contribution in [3.8, 4) is 0 Å². The molecule has 0 aromatic heterocycles. The Balaban J connectivity index is 1.63. The average molecular weight is 472 g/mol. The topological polar surface area (TPSA) is 86.8 Å². The summed E-state index contributed by atoms with van der Waals surface area (Å²) in [5.74, 6) is -0.640. The van der Waals surface area contributed by atoms with Crippen LogP contribution in [0.15, 0.2) is 53.4 Å². The van der Waals surface area contributed by atoms with Crippen molar-refractivity contribution in [2.75, 3.05) is 26.0 Å². The molecule has 0 bridgehead atoms. The number of likely N-dealkylation sites (N-methyl/N-ethyl adjacent to an activating group) is 1. The Morgan fingerprint density at radius 1 is 0.970 bits per heavy atom. The number of sulfonamides is 1. The van der Waals surface area contributed by atoms with E-state index in [9.17, 15) is 18.0 Å². The first-order valence-electron chi connectivity index (χ1n) is 11.5. The molecule has 2 aromatic carbocycles. The molecule has 0 radical (unpaired) electrons. The van der Waals surface area contributed by atoms with Crippen LogP contribution in [-0.2, 0) is 21.2 Å². The molecule has 0 aliphatic heterocycles. The largest absolute Gasteiger partial charge is 0.332 e. The lowest BCUT2D eigenvalue weighted by molar-refractivity contribution is -0.116. The molecule has 1 fully saturated rings. The molecular weight excluding hydrogens is 438 g/mol. The van der Waals surface area contributed by atoms with E-state index in [0.29, 0.717) is 5.56 Å². The quantitative estimate of drug-likeness (QED) is 0.632. The molecule has 178 valence electrons. The fourth-order valence-corrected chi connectivity index (χ4v) is 5.64. The highest BCUT2D eigenvalue weighted by Gasteiger charge is 2.29. The lowest BCUT2D eigenvalue weighted by Crippen LogP contribution is -2.38. The number of carbonyl (C=O) groups is 2. The maximum atomic E-state index is 13.0. The van der Waals surface area contributed by atoms with E-state index in [1.807, 2.05) is 31.2 Å². The summed E-state index contributed by atoms with van der Waals surface area (Å²) in [6.07, 6.45) is 5.78. The fraction of sp³-hybridized carbons (Fsp3) is 0.440. The predicted octanol–water partition coefficient (Wildman–Crippen LogP) is 3.91. The smallest absolute Gasteiger partial charge is 0.254 e. The number of rotatable bonds is 8. The van der Waals surface area contributed by atoms with Gasteiger partial charge in [0.2, 0.25) is 15.9 Å². The average Bonchev–Trinajstić information content (AvgIpc) is 2.83. The van der Waals surface area contributed by atoms with Gasteiger partial charge in [-0.1, -0.05) is 44.4 Å². The number of aryl methyl sites for hydroxylation is 1. The summed E-state index contributed by atoms with van der Waals surface area (Å²) in [4.78, 5) is 26.7. The number of para-hydroxylation sites is 1. The van der Waals surface area contributed by atoms with E-state index >= 15 is 0 Å². The highest BCUT2D eigenvalue weighted by Crippen LogP contribution is 2.26. The van der Waals surface area contributed by atoms with Gasteiger partial charge in [-0.05, 0) is 55.2 Å². The molecule has 0 saturated heterocycles. The SMILES string of the molecule is CCc1ccccc1NC(=O)CN(C)C(=O)c1ccc(S(=O)(=O)N(C)C2CCCCC2)cc1. The second kappa shape index (κ2) is 10.9. The third-order valence-corrected chi connectivity index (χ3v) is 8.19. The highest BCUT2D eigenvalue weighted by atomic mass is 32.2. The summed E-state index contributed by atoms with van der Waals surface area (Å²) in [6.45, 7) is 1.90. The number of nitrogens with one attached hydrogen (secondary N) is 1. The van der Waals surface area contributed by atoms with Gasteiger partial charge in [-0.15, -0.1) is 0 Å². The van der Waals surface area contributed by atoms with Crippen LogP contribution in [0.1, 0.15) is 54.9 Å². The predicted molar refractivity (Wildman–Crippen MR) is 130 cm³/mol. The van der Waals surface area contributed by atoms with Crippen molar-refractivity contribution >= 4 is 27.5 Å². The summed E-state index contributed by atoms with van der Waals surface area (Å²) in [5, 5.41) is 2.85. The maximum absolute atomic E-state index is 13.0. The Labute approximate surface area is 196 Å². The van der Waals surface area contributed by atoms with Gasteiger partial charge in [0.15, 0.2) is 0 Å². The molecule has 1 aliphatic carbocycles. The van der Waals surface area contributed by atoms with Crippen molar-refractivity contribution < 1.29 is 18.0 Å². The Morgan fingerprint density at radius 2 is 1.61 bits per heavy atom. The van der Waals surface area contributed by atoms with E-state index in [1.54, 1.807) is 14.1 Å². The van der Waals surface area contributed by atoms with E-state index in [2.05, 4.69) is 5.32 Å². The van der Waals surface area contributed by atoms with Crippen LogP contribution in [0, 0.1) is 0 Å². The molecule has 1 N–H and O–H groups in total. The fourth-order valence-electron chi connectivity index (χ4n) is 4.22. The van der Waals surface area contributed by atoms with E-state index in [-0.39, 0.29) is 29.3 Å². The third kappa shape index (κ3) is 6.00. The summed E-state index contributed by atoms with van der Waals surface area (Å²) < 4.78 is 27.5. The first kappa shape index (κ1) is 24.9. The van der Waals surface area contributed by atoms with Gasteiger partial charge in [0.1, 0.15) is 0 Å². The van der Waals surface area contributed by atoms with Crippen LogP contribution in [0.3, 0.4) is 0 Å². The van der Waals surface area contributed by atoms with Gasteiger partial charge in [-0.3, -0.25) is 9.59 Å². The molecule has 1 saturated carbocycles. The molecule has 2 amide bonds. The third-order valence-electron chi connectivity index (χ3n) is 6.27. The molecular formula is C25H33N3O4S. The van der Waals surface area contributed by atoms with Gasteiger partial charge < -0.3 is 10.2 Å². The van der Waals surface area contributed by atoms with Crippen molar-refractivity contribution in [3.05, 3.63) is 59.7 Å². The number of anilines is 1. The summed E-state index contributed by atoms with van der Waals surface area (Å²) >= 11 is 0. The van der Waals surface area contributed by atoms with E-state index in [1.165, 1.54) is 33.5 Å². The second-order valence-corrected chi connectivity index (χ2v) is 10.6. The van der Waals surface area contributed by atoms with Crippen molar-refractivity contribution in [1.29, 1.82) is 0 Å². The van der Waals surface area contributed by atoms with Gasteiger partial charge in [-0.25, -0.2) is 8.42 Å². The van der Waals surface area contributed by atoms with Crippen LogP contribution in [0.4, 0.5) is 5.69 Å². The Hall–Kier alpha value is -2.71. The Morgan fingerprint density at radius 3 is 2.24 bits per heavy atom. The summed E-state index contributed by atoms with van der Waals surface area (Å²) in [6, 6.07) is 13.5. The molecule has 3 rings (SSSR count). The van der Waals surface area contributed by atoms with Crippen LogP contribution in [0.25, 0.3) is 0 Å². The number of carbonyl (C=O) groups excluding carboxylic acids is 2. The van der Waals surface area contributed by atoms with Gasteiger partial charge in [-0.2, -0.15) is 4.31 Å². The zero-order chi connectivity index (χ0) is 24.0.